The van der Waals surface area contributed by atoms with Gasteiger partial charge in [-0.15, -0.1) is 0 Å². The van der Waals surface area contributed by atoms with Crippen molar-refractivity contribution in [2.45, 2.75) is 6.18 Å². The van der Waals surface area contributed by atoms with E-state index in [9.17, 15) is 13.2 Å². The minimum Gasteiger partial charge on any atom is -0.384 e. The van der Waals surface area contributed by atoms with Crippen molar-refractivity contribution in [1.82, 2.24) is 0 Å². The molecule has 0 spiro atoms. The minimum absolute atomic E-state index is 0.280. The molecule has 0 radical (unpaired) electrons. The first-order chi connectivity index (χ1) is 6.32. The fourth-order valence-electron chi connectivity index (χ4n) is 0.986. The van der Waals surface area contributed by atoms with E-state index in [0.717, 1.165) is 6.07 Å². The van der Waals surface area contributed by atoms with Gasteiger partial charge in [0.25, 0.3) is 0 Å². The van der Waals surface area contributed by atoms with Gasteiger partial charge in [-0.05, 0) is 40.8 Å². The molecule has 14 heavy (non-hydrogen) atoms. The fraction of sp³-hybridized carbons (Fsp3) is 0.125. The maximum atomic E-state index is 12.4. The molecule has 1 aromatic rings. The minimum atomic E-state index is -4.47. The first kappa shape index (κ1) is 11.3. The Balaban J connectivity index is 3.38. The zero-order chi connectivity index (χ0) is 10.9. The van der Waals surface area contributed by atoms with Crippen LogP contribution in [0.3, 0.4) is 0 Å². The number of rotatable bonds is 1. The molecule has 0 saturated heterocycles. The van der Waals surface area contributed by atoms with Gasteiger partial charge < -0.3 is 5.73 Å². The number of hydrogen-bond donors (Lipinski definition) is 2. The normalized spacial score (nSPS) is 11.4. The van der Waals surface area contributed by atoms with Crippen LogP contribution in [0.4, 0.5) is 13.2 Å². The van der Waals surface area contributed by atoms with Gasteiger partial charge in [0.05, 0.1) is 5.56 Å². The Morgan fingerprint density at radius 3 is 2.36 bits per heavy atom. The van der Waals surface area contributed by atoms with Gasteiger partial charge in [0, 0.05) is 9.13 Å². The van der Waals surface area contributed by atoms with Crippen LogP contribution < -0.4 is 5.73 Å². The molecule has 1 rings (SSSR count). The second kappa shape index (κ2) is 3.76. The SMILES string of the molecule is N=C(N)c1ccc(I)cc1C(F)(F)F. The Kier molecular flexibility index (Phi) is 3.03. The third kappa shape index (κ3) is 2.37. The summed E-state index contributed by atoms with van der Waals surface area (Å²) in [4.78, 5) is 0. The molecule has 0 aliphatic carbocycles. The van der Waals surface area contributed by atoms with E-state index >= 15 is 0 Å². The molecule has 0 aromatic heterocycles. The number of halogens is 4. The molecular formula is C8H6F3IN2. The standard InChI is InChI=1S/C8H6F3IN2/c9-8(10,11)6-3-4(12)1-2-5(6)7(13)14/h1-3H,(H3,13,14). The van der Waals surface area contributed by atoms with Gasteiger partial charge in [-0.3, -0.25) is 5.41 Å². The van der Waals surface area contributed by atoms with E-state index in [1.54, 1.807) is 22.6 Å². The lowest BCUT2D eigenvalue weighted by Crippen LogP contribution is -2.18. The topological polar surface area (TPSA) is 49.9 Å². The van der Waals surface area contributed by atoms with Crippen molar-refractivity contribution in [2.75, 3.05) is 0 Å². The average molecular weight is 314 g/mol. The Labute approximate surface area is 91.9 Å². The summed E-state index contributed by atoms with van der Waals surface area (Å²) in [6, 6.07) is 3.65. The fourth-order valence-corrected chi connectivity index (χ4v) is 1.48. The van der Waals surface area contributed by atoms with Gasteiger partial charge >= 0.3 is 6.18 Å². The number of nitrogens with two attached hydrogens (primary N) is 1. The summed E-state index contributed by atoms with van der Waals surface area (Å²) in [5.74, 6) is -0.575. The second-order valence-corrected chi connectivity index (χ2v) is 3.85. The van der Waals surface area contributed by atoms with Crippen molar-refractivity contribution in [3.63, 3.8) is 0 Å². The van der Waals surface area contributed by atoms with Crippen LogP contribution >= 0.6 is 22.6 Å². The number of amidine groups is 1. The van der Waals surface area contributed by atoms with Crippen molar-refractivity contribution in [2.24, 2.45) is 5.73 Å². The van der Waals surface area contributed by atoms with Gasteiger partial charge in [-0.25, -0.2) is 0 Å². The molecule has 0 unspecified atom stereocenters. The van der Waals surface area contributed by atoms with E-state index in [1.165, 1.54) is 12.1 Å². The number of hydrogen-bond acceptors (Lipinski definition) is 1. The number of alkyl halides is 3. The van der Waals surface area contributed by atoms with Crippen LogP contribution in [-0.2, 0) is 6.18 Å². The molecule has 3 N–H and O–H groups in total. The molecule has 1 aromatic carbocycles. The van der Waals surface area contributed by atoms with Crippen molar-refractivity contribution >= 4 is 28.4 Å². The summed E-state index contributed by atoms with van der Waals surface area (Å²) in [7, 11) is 0. The molecular weight excluding hydrogens is 308 g/mol. The molecule has 0 aliphatic rings. The van der Waals surface area contributed by atoms with Gasteiger partial charge in [0.15, 0.2) is 0 Å². The van der Waals surface area contributed by atoms with Crippen molar-refractivity contribution in [3.8, 4) is 0 Å². The summed E-state index contributed by atoms with van der Waals surface area (Å²) in [5, 5.41) is 7.00. The van der Waals surface area contributed by atoms with Crippen LogP contribution in [0, 0.1) is 8.98 Å². The van der Waals surface area contributed by atoms with Gasteiger partial charge in [0.2, 0.25) is 0 Å². The maximum absolute atomic E-state index is 12.4. The van der Waals surface area contributed by atoms with E-state index in [-0.39, 0.29) is 5.56 Å². The van der Waals surface area contributed by atoms with Crippen LogP contribution in [0.15, 0.2) is 18.2 Å². The molecule has 6 heteroatoms. The van der Waals surface area contributed by atoms with E-state index in [2.05, 4.69) is 0 Å². The van der Waals surface area contributed by atoms with Crippen molar-refractivity contribution < 1.29 is 13.2 Å². The predicted octanol–water partition coefficient (Wildman–Crippen LogP) is 2.59. The van der Waals surface area contributed by atoms with Crippen LogP contribution in [0.5, 0.6) is 0 Å². The third-order valence-corrected chi connectivity index (χ3v) is 2.25. The van der Waals surface area contributed by atoms with E-state index in [1.807, 2.05) is 0 Å². The van der Waals surface area contributed by atoms with Crippen LogP contribution in [-0.4, -0.2) is 5.84 Å². The zero-order valence-electron chi connectivity index (χ0n) is 6.82. The Hall–Kier alpha value is -0.790. The average Bonchev–Trinajstić information content (AvgIpc) is 2.01. The largest absolute Gasteiger partial charge is 0.417 e. The van der Waals surface area contributed by atoms with Crippen LogP contribution in [0.25, 0.3) is 0 Å². The maximum Gasteiger partial charge on any atom is 0.417 e. The molecule has 2 nitrogen and oxygen atoms in total. The zero-order valence-corrected chi connectivity index (χ0v) is 8.98. The van der Waals surface area contributed by atoms with Crippen molar-refractivity contribution in [3.05, 3.63) is 32.9 Å². The third-order valence-electron chi connectivity index (χ3n) is 1.58. The first-order valence-electron chi connectivity index (χ1n) is 3.53. The molecule has 0 heterocycles. The smallest absolute Gasteiger partial charge is 0.384 e. The van der Waals surface area contributed by atoms with E-state index in [4.69, 9.17) is 11.1 Å². The Bertz CT molecular complexity index is 373. The summed E-state index contributed by atoms with van der Waals surface area (Å²) in [6.45, 7) is 0. The number of nitrogen functional groups attached to an aromatic ring is 1. The molecule has 0 fully saturated rings. The lowest BCUT2D eigenvalue weighted by atomic mass is 10.1. The highest BCUT2D eigenvalue weighted by Crippen LogP contribution is 2.32. The highest BCUT2D eigenvalue weighted by molar-refractivity contribution is 14.1. The summed E-state index contributed by atoms with van der Waals surface area (Å²) < 4.78 is 37.8. The quantitative estimate of drug-likeness (QED) is 0.467. The second-order valence-electron chi connectivity index (χ2n) is 2.60. The Morgan fingerprint density at radius 2 is 1.93 bits per heavy atom. The van der Waals surface area contributed by atoms with Gasteiger partial charge in [-0.1, -0.05) is 0 Å². The molecule has 0 aliphatic heterocycles. The number of nitrogens with one attached hydrogen (secondary N) is 1. The molecule has 0 atom stereocenters. The van der Waals surface area contributed by atoms with Crippen molar-refractivity contribution in [1.29, 1.82) is 5.41 Å². The van der Waals surface area contributed by atoms with E-state index in [0.29, 0.717) is 3.57 Å². The predicted molar refractivity (Wildman–Crippen MR) is 55.2 cm³/mol. The number of benzene rings is 1. The molecule has 0 amide bonds. The summed E-state index contributed by atoms with van der Waals surface area (Å²) in [5.41, 5.74) is 3.90. The first-order valence-corrected chi connectivity index (χ1v) is 4.61. The molecule has 0 bridgehead atoms. The van der Waals surface area contributed by atoms with Crippen LogP contribution in [0.1, 0.15) is 11.1 Å². The lowest BCUT2D eigenvalue weighted by Gasteiger charge is -2.11. The molecule has 0 saturated carbocycles. The van der Waals surface area contributed by atoms with Crippen LogP contribution in [0.2, 0.25) is 0 Å². The lowest BCUT2D eigenvalue weighted by molar-refractivity contribution is -0.137. The van der Waals surface area contributed by atoms with Gasteiger partial charge in [-0.2, -0.15) is 13.2 Å². The molecule has 76 valence electrons. The van der Waals surface area contributed by atoms with Gasteiger partial charge in [0.1, 0.15) is 5.84 Å². The Morgan fingerprint density at radius 1 is 1.36 bits per heavy atom. The summed E-state index contributed by atoms with van der Waals surface area (Å²) in [6.07, 6.45) is -4.47. The highest BCUT2D eigenvalue weighted by atomic mass is 127. The monoisotopic (exact) mass is 314 g/mol. The van der Waals surface area contributed by atoms with E-state index < -0.39 is 17.6 Å². The highest BCUT2D eigenvalue weighted by Gasteiger charge is 2.34. The summed E-state index contributed by atoms with van der Waals surface area (Å²) >= 11 is 1.77.